The van der Waals surface area contributed by atoms with E-state index in [1.807, 2.05) is 36.6 Å². The maximum atomic E-state index is 12.9. The summed E-state index contributed by atoms with van der Waals surface area (Å²) in [5.74, 6) is 0.862. The summed E-state index contributed by atoms with van der Waals surface area (Å²) < 4.78 is 34.0. The van der Waals surface area contributed by atoms with Crippen molar-refractivity contribution in [3.05, 3.63) is 53.5 Å². The fraction of sp³-hybridized carbons (Fsp3) is 0.391. The molecule has 0 unspecified atom stereocenters. The number of nitrogens with zero attached hydrogens (tertiary/aromatic N) is 2. The lowest BCUT2D eigenvalue weighted by Crippen LogP contribution is -2.38. The van der Waals surface area contributed by atoms with Crippen LogP contribution in [0.15, 0.2) is 52.9 Å². The molecule has 0 bridgehead atoms. The molecule has 2 N–H and O–H groups in total. The van der Waals surface area contributed by atoms with Gasteiger partial charge in [0.25, 0.3) is 0 Å². The third-order valence-corrected chi connectivity index (χ3v) is 8.09. The van der Waals surface area contributed by atoms with Crippen LogP contribution in [0.1, 0.15) is 31.2 Å². The summed E-state index contributed by atoms with van der Waals surface area (Å²) in [6.45, 7) is 2.71. The van der Waals surface area contributed by atoms with Gasteiger partial charge < -0.3 is 10.1 Å². The number of hydrogen-bond acceptors (Lipinski definition) is 7. The van der Waals surface area contributed by atoms with E-state index >= 15 is 0 Å². The molecule has 3 aromatic rings. The number of benzene rings is 1. The number of thiazole rings is 1. The first-order valence-electron chi connectivity index (χ1n) is 10.7. The lowest BCUT2D eigenvalue weighted by atomic mass is 9.86. The number of aromatic nitrogens is 2. The molecular formula is C23H28N4O3S2. The molecule has 2 aromatic heterocycles. The summed E-state index contributed by atoms with van der Waals surface area (Å²) in [7, 11) is -2.14. The van der Waals surface area contributed by atoms with Crippen LogP contribution >= 0.6 is 11.3 Å². The van der Waals surface area contributed by atoms with Gasteiger partial charge in [-0.1, -0.05) is 12.1 Å². The maximum Gasteiger partial charge on any atom is 0.244 e. The van der Waals surface area contributed by atoms with Crippen molar-refractivity contribution in [3.63, 3.8) is 0 Å². The third kappa shape index (κ3) is 5.46. The van der Waals surface area contributed by atoms with Gasteiger partial charge in [-0.15, -0.1) is 11.3 Å². The number of anilines is 1. The van der Waals surface area contributed by atoms with Crippen molar-refractivity contribution in [3.8, 4) is 17.1 Å². The Balaban J connectivity index is 1.28. The van der Waals surface area contributed by atoms with Crippen LogP contribution < -0.4 is 14.8 Å². The number of methoxy groups -OCH3 is 1. The summed E-state index contributed by atoms with van der Waals surface area (Å²) in [6, 6.07) is 10.9. The largest absolute Gasteiger partial charge is 0.495 e. The van der Waals surface area contributed by atoms with Gasteiger partial charge in [0.15, 0.2) is 5.13 Å². The van der Waals surface area contributed by atoms with Gasteiger partial charge in [-0.25, -0.2) is 18.1 Å². The zero-order chi connectivity index (χ0) is 22.6. The molecule has 1 aliphatic carbocycles. The number of nitrogens with one attached hydrogen (secondary N) is 2. The van der Waals surface area contributed by atoms with Crippen LogP contribution in [0.4, 0.5) is 5.13 Å². The lowest BCUT2D eigenvalue weighted by Gasteiger charge is -2.29. The Morgan fingerprint density at radius 3 is 2.66 bits per heavy atom. The first-order chi connectivity index (χ1) is 15.4. The topological polar surface area (TPSA) is 93.2 Å². The van der Waals surface area contributed by atoms with Crippen LogP contribution in [0.2, 0.25) is 0 Å². The van der Waals surface area contributed by atoms with E-state index < -0.39 is 10.0 Å². The Morgan fingerprint density at radius 2 is 1.94 bits per heavy atom. The summed E-state index contributed by atoms with van der Waals surface area (Å²) in [5, 5.41) is 6.34. The summed E-state index contributed by atoms with van der Waals surface area (Å²) in [4.78, 5) is 9.17. The molecule has 1 fully saturated rings. The number of ether oxygens (including phenoxy) is 1. The second-order valence-corrected chi connectivity index (χ2v) is 10.7. The molecule has 2 heterocycles. The molecule has 32 heavy (non-hydrogen) atoms. The monoisotopic (exact) mass is 472 g/mol. The SMILES string of the molecule is COc1ccc(C)cc1S(=O)(=O)N[C@H]1CC[C@H](CNc2nc(-c3ccccn3)cs2)CC1. The smallest absolute Gasteiger partial charge is 0.244 e. The van der Waals surface area contributed by atoms with E-state index in [1.165, 1.54) is 7.11 Å². The molecule has 0 atom stereocenters. The number of sulfonamides is 1. The van der Waals surface area contributed by atoms with Gasteiger partial charge >= 0.3 is 0 Å². The number of hydrogen-bond donors (Lipinski definition) is 2. The van der Waals surface area contributed by atoms with Crippen molar-refractivity contribution in [2.45, 2.75) is 43.5 Å². The molecule has 170 valence electrons. The van der Waals surface area contributed by atoms with Gasteiger partial charge in [0.2, 0.25) is 10.0 Å². The first kappa shape index (κ1) is 22.7. The molecule has 9 heteroatoms. The molecule has 1 aromatic carbocycles. The minimum atomic E-state index is -3.63. The highest BCUT2D eigenvalue weighted by Crippen LogP contribution is 2.29. The highest BCUT2D eigenvalue weighted by molar-refractivity contribution is 7.89. The number of rotatable bonds is 8. The van der Waals surface area contributed by atoms with Crippen molar-refractivity contribution >= 4 is 26.5 Å². The molecule has 4 rings (SSSR count). The summed E-state index contributed by atoms with van der Waals surface area (Å²) in [6.07, 6.45) is 5.32. The Hall–Kier alpha value is -2.49. The summed E-state index contributed by atoms with van der Waals surface area (Å²) in [5.41, 5.74) is 2.63. The van der Waals surface area contributed by atoms with Crippen LogP contribution in [0, 0.1) is 12.8 Å². The predicted octanol–water partition coefficient (Wildman–Crippen LogP) is 4.47. The highest BCUT2D eigenvalue weighted by atomic mass is 32.2. The predicted molar refractivity (Wildman–Crippen MR) is 128 cm³/mol. The highest BCUT2D eigenvalue weighted by Gasteiger charge is 2.27. The molecule has 0 saturated heterocycles. The van der Waals surface area contributed by atoms with Crippen molar-refractivity contribution in [2.24, 2.45) is 5.92 Å². The van der Waals surface area contributed by atoms with Gasteiger partial charge in [-0.05, 0) is 68.4 Å². The van der Waals surface area contributed by atoms with Crippen LogP contribution in [0.25, 0.3) is 11.4 Å². The van der Waals surface area contributed by atoms with Crippen molar-refractivity contribution in [1.82, 2.24) is 14.7 Å². The normalized spacial score (nSPS) is 18.9. The van der Waals surface area contributed by atoms with E-state index in [2.05, 4.69) is 20.0 Å². The third-order valence-electron chi connectivity index (χ3n) is 5.75. The van der Waals surface area contributed by atoms with E-state index in [0.717, 1.165) is 54.3 Å². The van der Waals surface area contributed by atoms with E-state index in [0.29, 0.717) is 11.7 Å². The molecule has 1 aliphatic rings. The summed E-state index contributed by atoms with van der Waals surface area (Å²) >= 11 is 1.58. The molecule has 0 amide bonds. The van der Waals surface area contributed by atoms with Crippen molar-refractivity contribution in [1.29, 1.82) is 0 Å². The van der Waals surface area contributed by atoms with Crippen LogP contribution in [-0.2, 0) is 10.0 Å². The Kier molecular flexibility index (Phi) is 7.07. The minimum absolute atomic E-state index is 0.0583. The quantitative estimate of drug-likeness (QED) is 0.502. The number of pyridine rings is 1. The standard InChI is InChI=1S/C23H28N4O3S2/c1-16-6-11-21(30-2)22(13-16)32(28,29)27-18-9-7-17(8-10-18)14-25-23-26-20(15-31-23)19-5-3-4-12-24-19/h3-6,11-13,15,17-18,27H,7-10,14H2,1-2H3,(H,25,26)/t17-,18-. The molecular weight excluding hydrogens is 444 g/mol. The van der Waals surface area contributed by atoms with Gasteiger partial charge in [0, 0.05) is 24.2 Å². The first-order valence-corrected chi connectivity index (χ1v) is 13.1. The molecule has 1 saturated carbocycles. The van der Waals surface area contributed by atoms with Crippen molar-refractivity contribution in [2.75, 3.05) is 19.0 Å². The van der Waals surface area contributed by atoms with Crippen LogP contribution in [0.5, 0.6) is 5.75 Å². The Morgan fingerprint density at radius 1 is 1.12 bits per heavy atom. The van der Waals surface area contributed by atoms with Crippen LogP contribution in [0.3, 0.4) is 0 Å². The average Bonchev–Trinajstić information content (AvgIpc) is 3.28. The molecule has 7 nitrogen and oxygen atoms in total. The second-order valence-electron chi connectivity index (χ2n) is 8.13. The second kappa shape index (κ2) is 9.97. The van der Waals surface area contributed by atoms with Gasteiger partial charge in [0.05, 0.1) is 12.8 Å². The maximum absolute atomic E-state index is 12.9. The Labute approximate surface area is 193 Å². The van der Waals surface area contributed by atoms with E-state index in [4.69, 9.17) is 4.74 Å². The number of aryl methyl sites for hydroxylation is 1. The fourth-order valence-electron chi connectivity index (χ4n) is 3.98. The average molecular weight is 473 g/mol. The van der Waals surface area contributed by atoms with Gasteiger partial charge in [0.1, 0.15) is 16.3 Å². The molecule has 0 aliphatic heterocycles. The van der Waals surface area contributed by atoms with Crippen molar-refractivity contribution < 1.29 is 13.2 Å². The lowest BCUT2D eigenvalue weighted by molar-refractivity contribution is 0.323. The van der Waals surface area contributed by atoms with E-state index in [-0.39, 0.29) is 10.9 Å². The minimum Gasteiger partial charge on any atom is -0.495 e. The van der Waals surface area contributed by atoms with E-state index in [1.54, 1.807) is 29.7 Å². The fourth-order valence-corrected chi connectivity index (χ4v) is 6.25. The molecule has 0 radical (unpaired) electrons. The van der Waals surface area contributed by atoms with Gasteiger partial charge in [-0.3, -0.25) is 4.98 Å². The van der Waals surface area contributed by atoms with Gasteiger partial charge in [-0.2, -0.15) is 0 Å². The van der Waals surface area contributed by atoms with Crippen LogP contribution in [-0.4, -0.2) is 38.1 Å². The van der Waals surface area contributed by atoms with E-state index in [9.17, 15) is 8.42 Å². The zero-order valence-electron chi connectivity index (χ0n) is 18.2. The molecule has 0 spiro atoms. The Bertz CT molecular complexity index is 1140. The zero-order valence-corrected chi connectivity index (χ0v) is 19.9.